The van der Waals surface area contributed by atoms with Gasteiger partial charge in [-0.15, -0.1) is 0 Å². The summed E-state index contributed by atoms with van der Waals surface area (Å²) in [6.07, 6.45) is 7.58. The molecule has 1 saturated heterocycles. The minimum atomic E-state index is -0.0264. The number of benzene rings is 1. The molecular formula is C21H25N6O2P. The number of hydrogen-bond acceptors (Lipinski definition) is 6. The number of amides is 1. The molecule has 1 aromatic carbocycles. The van der Waals surface area contributed by atoms with E-state index in [1.807, 2.05) is 47.4 Å². The molecule has 9 heteroatoms. The molecule has 0 aliphatic carbocycles. The van der Waals surface area contributed by atoms with Crippen molar-refractivity contribution in [3.63, 3.8) is 0 Å². The standard InChI is InChI=1S/C21H25N6O2P/c1-24-13-16-10-15(2-3-17(16)23-24)18-11-20(29)27-14-19(22-12-21(27)30-18)26-6-4-25(5-7-26)8-9-28/h2-3,10-14,21,28,30H,4-9H2,1H3. The number of rotatable bonds is 4. The maximum absolute atomic E-state index is 12.9. The molecule has 156 valence electrons. The van der Waals surface area contributed by atoms with Crippen molar-refractivity contribution in [2.24, 2.45) is 12.0 Å². The number of carbonyl (C=O) groups is 1. The van der Waals surface area contributed by atoms with Crippen molar-refractivity contribution in [2.75, 3.05) is 39.3 Å². The van der Waals surface area contributed by atoms with E-state index < -0.39 is 0 Å². The van der Waals surface area contributed by atoms with Crippen molar-refractivity contribution in [3.8, 4) is 0 Å². The molecule has 2 atom stereocenters. The molecule has 3 aliphatic heterocycles. The number of nitrogens with zero attached hydrogens (tertiary/aromatic N) is 6. The van der Waals surface area contributed by atoms with E-state index in [4.69, 9.17) is 10.1 Å². The molecule has 0 radical (unpaired) electrons. The fraction of sp³-hybridized carbons (Fsp3) is 0.381. The first-order valence-corrected chi connectivity index (χ1v) is 11.3. The van der Waals surface area contributed by atoms with Crippen LogP contribution in [-0.4, -0.2) is 86.8 Å². The zero-order valence-electron chi connectivity index (χ0n) is 16.9. The van der Waals surface area contributed by atoms with Crippen molar-refractivity contribution in [3.05, 3.63) is 48.1 Å². The quantitative estimate of drug-likeness (QED) is 0.748. The minimum absolute atomic E-state index is 0.00241. The number of hydrogen-bond donors (Lipinski definition) is 1. The number of aryl methyl sites for hydroxylation is 1. The highest BCUT2D eigenvalue weighted by molar-refractivity contribution is 7.52. The van der Waals surface area contributed by atoms with Crippen LogP contribution in [0.5, 0.6) is 0 Å². The molecular weight excluding hydrogens is 399 g/mol. The van der Waals surface area contributed by atoms with E-state index in [9.17, 15) is 4.79 Å². The lowest BCUT2D eigenvalue weighted by Crippen LogP contribution is -2.48. The fourth-order valence-electron chi connectivity index (χ4n) is 4.15. The second-order valence-corrected chi connectivity index (χ2v) is 9.21. The van der Waals surface area contributed by atoms with Gasteiger partial charge in [0, 0.05) is 63.6 Å². The molecule has 2 aromatic rings. The predicted octanol–water partition coefficient (Wildman–Crippen LogP) is 1.25. The Morgan fingerprint density at radius 3 is 2.87 bits per heavy atom. The molecule has 1 aromatic heterocycles. The van der Waals surface area contributed by atoms with Crippen molar-refractivity contribution in [2.45, 2.75) is 5.78 Å². The number of aromatic nitrogens is 2. The highest BCUT2D eigenvalue weighted by Crippen LogP contribution is 2.43. The van der Waals surface area contributed by atoms with E-state index in [0.29, 0.717) is 15.1 Å². The maximum atomic E-state index is 12.9. The normalized spacial score (nSPS) is 23.1. The van der Waals surface area contributed by atoms with E-state index in [1.165, 1.54) is 0 Å². The summed E-state index contributed by atoms with van der Waals surface area (Å²) in [6.45, 7) is 4.39. The zero-order valence-corrected chi connectivity index (χ0v) is 17.9. The van der Waals surface area contributed by atoms with Crippen LogP contribution in [0.3, 0.4) is 0 Å². The van der Waals surface area contributed by atoms with Crippen molar-refractivity contribution < 1.29 is 9.90 Å². The van der Waals surface area contributed by atoms with Gasteiger partial charge >= 0.3 is 0 Å². The molecule has 2 unspecified atom stereocenters. The number of aliphatic hydroxyl groups is 1. The van der Waals surface area contributed by atoms with Gasteiger partial charge in [0.1, 0.15) is 5.82 Å². The number of carbonyl (C=O) groups excluding carboxylic acids is 1. The van der Waals surface area contributed by atoms with Crippen LogP contribution in [0.4, 0.5) is 0 Å². The van der Waals surface area contributed by atoms with E-state index in [0.717, 1.165) is 53.8 Å². The molecule has 1 N–H and O–H groups in total. The maximum Gasteiger partial charge on any atom is 0.252 e. The average molecular weight is 424 g/mol. The lowest BCUT2D eigenvalue weighted by Gasteiger charge is -2.39. The van der Waals surface area contributed by atoms with Gasteiger partial charge in [0.25, 0.3) is 5.91 Å². The van der Waals surface area contributed by atoms with Gasteiger partial charge in [-0.25, -0.2) is 4.99 Å². The smallest absolute Gasteiger partial charge is 0.252 e. The highest BCUT2D eigenvalue weighted by atomic mass is 31.1. The molecule has 0 saturated carbocycles. The summed E-state index contributed by atoms with van der Waals surface area (Å²) in [6, 6.07) is 6.16. The third-order valence-electron chi connectivity index (χ3n) is 5.77. The van der Waals surface area contributed by atoms with E-state index in [-0.39, 0.29) is 18.3 Å². The Kier molecular flexibility index (Phi) is 5.15. The third-order valence-corrected chi connectivity index (χ3v) is 7.24. The summed E-state index contributed by atoms with van der Waals surface area (Å²) >= 11 is 0. The Balaban J connectivity index is 1.33. The van der Waals surface area contributed by atoms with Gasteiger partial charge in [0.05, 0.1) is 24.1 Å². The van der Waals surface area contributed by atoms with Crippen LogP contribution < -0.4 is 0 Å². The van der Waals surface area contributed by atoms with Crippen LogP contribution in [0.2, 0.25) is 0 Å². The summed E-state index contributed by atoms with van der Waals surface area (Å²) < 4.78 is 1.81. The summed E-state index contributed by atoms with van der Waals surface area (Å²) in [5.41, 5.74) is 2.03. The molecule has 4 heterocycles. The first-order chi connectivity index (χ1) is 14.6. The third kappa shape index (κ3) is 3.67. The Bertz CT molecular complexity index is 1070. The average Bonchev–Trinajstić information content (AvgIpc) is 3.13. The van der Waals surface area contributed by atoms with Crippen molar-refractivity contribution in [1.82, 2.24) is 24.5 Å². The van der Waals surface area contributed by atoms with Crippen molar-refractivity contribution in [1.29, 1.82) is 0 Å². The molecule has 30 heavy (non-hydrogen) atoms. The molecule has 1 amide bonds. The van der Waals surface area contributed by atoms with Crippen LogP contribution in [0.1, 0.15) is 5.56 Å². The van der Waals surface area contributed by atoms with Gasteiger partial charge in [-0.05, 0) is 23.0 Å². The Hall–Kier alpha value is -2.54. The minimum Gasteiger partial charge on any atom is -0.395 e. The molecule has 0 spiro atoms. The summed E-state index contributed by atoms with van der Waals surface area (Å²) in [5, 5.41) is 15.7. The van der Waals surface area contributed by atoms with Gasteiger partial charge in [-0.2, -0.15) is 5.10 Å². The van der Waals surface area contributed by atoms with Gasteiger partial charge in [-0.3, -0.25) is 19.3 Å². The number of piperazine rings is 1. The fourth-order valence-corrected chi connectivity index (χ4v) is 5.49. The lowest BCUT2D eigenvalue weighted by atomic mass is 10.1. The number of aliphatic imine (C=N–C) groups is 1. The van der Waals surface area contributed by atoms with E-state index in [2.05, 4.69) is 21.0 Å². The van der Waals surface area contributed by atoms with Crippen LogP contribution in [0, 0.1) is 0 Å². The Morgan fingerprint density at radius 1 is 1.23 bits per heavy atom. The van der Waals surface area contributed by atoms with E-state index >= 15 is 0 Å². The van der Waals surface area contributed by atoms with E-state index in [1.54, 1.807) is 6.08 Å². The van der Waals surface area contributed by atoms with Crippen LogP contribution >= 0.6 is 8.58 Å². The predicted molar refractivity (Wildman–Crippen MR) is 119 cm³/mol. The highest BCUT2D eigenvalue weighted by Gasteiger charge is 2.31. The Morgan fingerprint density at radius 2 is 2.07 bits per heavy atom. The van der Waals surface area contributed by atoms with Gasteiger partial charge < -0.3 is 10.0 Å². The van der Waals surface area contributed by atoms with Gasteiger partial charge in [-0.1, -0.05) is 14.6 Å². The topological polar surface area (TPSA) is 77.2 Å². The summed E-state index contributed by atoms with van der Waals surface area (Å²) in [4.78, 5) is 23.9. The van der Waals surface area contributed by atoms with Crippen LogP contribution in [-0.2, 0) is 11.8 Å². The largest absolute Gasteiger partial charge is 0.395 e. The molecule has 5 rings (SSSR count). The monoisotopic (exact) mass is 424 g/mol. The Labute approximate surface area is 176 Å². The summed E-state index contributed by atoms with van der Waals surface area (Å²) in [7, 11) is 2.36. The number of β-amino-alcohol motifs (C(OH)–C–C–N with tert-alkyl or cyclic N) is 1. The summed E-state index contributed by atoms with van der Waals surface area (Å²) in [5.74, 6) is 0.825. The number of fused-ring (bicyclic) bond motifs is 2. The zero-order chi connectivity index (χ0) is 20.7. The van der Waals surface area contributed by atoms with Crippen LogP contribution in [0.15, 0.2) is 47.5 Å². The molecule has 3 aliphatic rings. The van der Waals surface area contributed by atoms with Crippen LogP contribution in [0.25, 0.3) is 16.2 Å². The molecule has 0 bridgehead atoms. The van der Waals surface area contributed by atoms with Gasteiger partial charge in [0.2, 0.25) is 0 Å². The lowest BCUT2D eigenvalue weighted by molar-refractivity contribution is -0.123. The first-order valence-electron chi connectivity index (χ1n) is 10.2. The molecule has 8 nitrogen and oxygen atoms in total. The first kappa shape index (κ1) is 19.4. The van der Waals surface area contributed by atoms with Crippen molar-refractivity contribution >= 4 is 36.9 Å². The SMILES string of the molecule is Cn1cc2cc(C3=CC(=O)N4C=C(N5CCN(CCO)CC5)N=CC4P3)ccc2n1. The van der Waals surface area contributed by atoms with Gasteiger partial charge in [0.15, 0.2) is 0 Å². The second kappa shape index (κ2) is 7.95. The second-order valence-electron chi connectivity index (χ2n) is 7.79. The number of aliphatic hydroxyl groups excluding tert-OH is 1. The molecule has 1 fully saturated rings.